The minimum atomic E-state index is -1.97. The molecular formula is C33H32N4O5. The van der Waals surface area contributed by atoms with Crippen LogP contribution < -0.4 is 10.5 Å². The molecule has 6 rings (SSSR count). The maximum atomic E-state index is 14.1. The van der Waals surface area contributed by atoms with E-state index >= 15 is 0 Å². The number of aliphatic hydroxyl groups is 2. The van der Waals surface area contributed by atoms with E-state index in [0.29, 0.717) is 34.6 Å². The summed E-state index contributed by atoms with van der Waals surface area (Å²) in [5.41, 5.74) is -0.410. The zero-order chi connectivity index (χ0) is 29.4. The molecule has 0 saturated carbocycles. The quantitative estimate of drug-likeness (QED) is 0.330. The van der Waals surface area contributed by atoms with Crippen LogP contribution in [0.2, 0.25) is 0 Å². The third-order valence-electron chi connectivity index (χ3n) is 8.40. The zero-order valence-electron chi connectivity index (χ0n) is 23.3. The summed E-state index contributed by atoms with van der Waals surface area (Å²) in [6, 6.07) is 21.2. The van der Waals surface area contributed by atoms with Crippen molar-refractivity contribution in [1.29, 1.82) is 0 Å². The molecule has 42 heavy (non-hydrogen) atoms. The molecule has 3 aromatic carbocycles. The van der Waals surface area contributed by atoms with Crippen LogP contribution in [0.25, 0.3) is 16.5 Å². The van der Waals surface area contributed by atoms with Gasteiger partial charge in [-0.3, -0.25) is 19.3 Å². The highest BCUT2D eigenvalue weighted by Gasteiger charge is 2.53. The van der Waals surface area contributed by atoms with Gasteiger partial charge in [0.2, 0.25) is 5.91 Å². The highest BCUT2D eigenvalue weighted by Crippen LogP contribution is 2.48. The van der Waals surface area contributed by atoms with Gasteiger partial charge in [0, 0.05) is 35.5 Å². The molecule has 0 bridgehead atoms. The van der Waals surface area contributed by atoms with Crippen LogP contribution in [0.1, 0.15) is 31.7 Å². The molecule has 3 heterocycles. The van der Waals surface area contributed by atoms with Gasteiger partial charge in [-0.1, -0.05) is 55.5 Å². The number of anilines is 2. The number of nitrogens with zero attached hydrogens (tertiary/aromatic N) is 4. The molecule has 2 amide bonds. The zero-order valence-corrected chi connectivity index (χ0v) is 23.3. The Bertz CT molecular complexity index is 1750. The van der Waals surface area contributed by atoms with Crippen molar-refractivity contribution in [3.05, 3.63) is 107 Å². The monoisotopic (exact) mass is 564 g/mol. The van der Waals surface area contributed by atoms with Crippen LogP contribution in [-0.2, 0) is 15.2 Å². The molecule has 0 radical (unpaired) electrons. The largest absolute Gasteiger partial charge is 0.394 e. The highest BCUT2D eigenvalue weighted by molar-refractivity contribution is 6.12. The number of aliphatic hydroxyl groups excluding tert-OH is 1. The van der Waals surface area contributed by atoms with E-state index in [1.165, 1.54) is 9.58 Å². The topological polar surface area (TPSA) is 116 Å². The van der Waals surface area contributed by atoms with Crippen LogP contribution in [0, 0.1) is 5.92 Å². The van der Waals surface area contributed by atoms with Crippen molar-refractivity contribution in [3.63, 3.8) is 0 Å². The molecule has 2 aliphatic heterocycles. The van der Waals surface area contributed by atoms with Crippen molar-refractivity contribution < 1.29 is 19.8 Å². The number of carbonyl (C=O) groups excluding carboxylic acids is 2. The number of likely N-dealkylation sites (tertiary alicyclic amines) is 1. The number of benzene rings is 3. The fourth-order valence-electron chi connectivity index (χ4n) is 6.08. The van der Waals surface area contributed by atoms with E-state index in [4.69, 9.17) is 0 Å². The summed E-state index contributed by atoms with van der Waals surface area (Å²) in [4.78, 5) is 43.4. The Labute approximate surface area is 242 Å². The molecular weight excluding hydrogens is 532 g/mol. The third-order valence-corrected chi connectivity index (χ3v) is 8.40. The van der Waals surface area contributed by atoms with E-state index in [-0.39, 0.29) is 30.5 Å². The third kappa shape index (κ3) is 4.51. The smallest absolute Gasteiger partial charge is 0.279 e. The lowest BCUT2D eigenvalue weighted by molar-refractivity contribution is -0.138. The summed E-state index contributed by atoms with van der Waals surface area (Å²) < 4.78 is 1.27. The fourth-order valence-corrected chi connectivity index (χ4v) is 6.08. The van der Waals surface area contributed by atoms with E-state index in [2.05, 4.69) is 5.10 Å². The number of para-hydroxylation sites is 1. The van der Waals surface area contributed by atoms with E-state index in [1.54, 1.807) is 72.6 Å². The first-order valence-corrected chi connectivity index (χ1v) is 14.2. The van der Waals surface area contributed by atoms with Crippen molar-refractivity contribution in [1.82, 2.24) is 14.7 Å². The van der Waals surface area contributed by atoms with Gasteiger partial charge in [-0.05, 0) is 49.2 Å². The summed E-state index contributed by atoms with van der Waals surface area (Å²) in [6.07, 6.45) is 6.70. The predicted octanol–water partition coefficient (Wildman–Crippen LogP) is 3.82. The average Bonchev–Trinajstić information content (AvgIpc) is 3.59. The lowest BCUT2D eigenvalue weighted by atomic mass is 9.82. The molecule has 4 aromatic rings. The van der Waals surface area contributed by atoms with Crippen LogP contribution in [0.5, 0.6) is 0 Å². The van der Waals surface area contributed by atoms with Gasteiger partial charge in [0.05, 0.1) is 35.6 Å². The Morgan fingerprint density at radius 1 is 1.07 bits per heavy atom. The lowest BCUT2D eigenvalue weighted by Gasteiger charge is -2.28. The standard InChI is InChI=1S/C33H32N4O5/c1-22(9-7-15-30(39)35-18-8-13-26(35)21-38)33(42)28-19-25(37-31(40)27-14-6-5-10-23(27)20-34-37)16-17-29(28)36(32(33)41)24-11-3-2-4-12-24/h2-7,9-12,14,16-17,19-20,22,26,38,42H,8,13,15,18,21H2,1H3/b9-7+/t22-,26-,33+/m0/s1. The molecule has 1 aromatic heterocycles. The summed E-state index contributed by atoms with van der Waals surface area (Å²) in [5, 5.41) is 27.4. The minimum Gasteiger partial charge on any atom is -0.394 e. The van der Waals surface area contributed by atoms with E-state index < -0.39 is 17.4 Å². The highest BCUT2D eigenvalue weighted by atomic mass is 16.3. The van der Waals surface area contributed by atoms with E-state index in [1.807, 2.05) is 30.3 Å². The first kappa shape index (κ1) is 27.6. The van der Waals surface area contributed by atoms with Gasteiger partial charge in [0.15, 0.2) is 5.60 Å². The van der Waals surface area contributed by atoms with Gasteiger partial charge in [0.1, 0.15) is 0 Å². The van der Waals surface area contributed by atoms with E-state index in [0.717, 1.165) is 18.2 Å². The number of aromatic nitrogens is 2. The molecule has 0 spiro atoms. The first-order valence-electron chi connectivity index (χ1n) is 14.2. The van der Waals surface area contributed by atoms with Gasteiger partial charge >= 0.3 is 0 Å². The van der Waals surface area contributed by atoms with Crippen molar-refractivity contribution in [2.45, 2.75) is 37.8 Å². The SMILES string of the molecule is C[C@@H](/C=C/CC(=O)N1CCC[C@H]1CO)[C@]1(O)C(=O)N(c2ccccc2)c2ccc(-n3ncc4ccccc4c3=O)cc21. The molecule has 3 atom stereocenters. The Morgan fingerprint density at radius 2 is 1.83 bits per heavy atom. The van der Waals surface area contributed by atoms with Crippen molar-refractivity contribution >= 4 is 34.0 Å². The molecule has 214 valence electrons. The maximum absolute atomic E-state index is 14.1. The number of amides is 2. The number of hydrogen-bond donors (Lipinski definition) is 2. The fraction of sp³-hybridized carbons (Fsp3) is 0.273. The Kier molecular flexibility index (Phi) is 7.22. The Balaban J connectivity index is 1.39. The number of rotatable bonds is 7. The molecule has 0 unspecified atom stereocenters. The van der Waals surface area contributed by atoms with Gasteiger partial charge in [-0.25, -0.2) is 0 Å². The van der Waals surface area contributed by atoms with Crippen molar-refractivity contribution in [2.24, 2.45) is 5.92 Å². The molecule has 2 N–H and O–H groups in total. The predicted molar refractivity (Wildman–Crippen MR) is 160 cm³/mol. The van der Waals surface area contributed by atoms with Crippen LogP contribution in [0.15, 0.2) is 95.9 Å². The van der Waals surface area contributed by atoms with Gasteiger partial charge in [-0.15, -0.1) is 0 Å². The summed E-state index contributed by atoms with van der Waals surface area (Å²) >= 11 is 0. The number of carbonyl (C=O) groups is 2. The second-order valence-corrected chi connectivity index (χ2v) is 10.9. The molecule has 2 aliphatic rings. The lowest BCUT2D eigenvalue weighted by Crippen LogP contribution is -2.43. The van der Waals surface area contributed by atoms with Gasteiger partial charge in [-0.2, -0.15) is 9.78 Å². The second kappa shape index (κ2) is 11.0. The second-order valence-electron chi connectivity index (χ2n) is 10.9. The molecule has 1 fully saturated rings. The first-order chi connectivity index (χ1) is 20.3. The van der Waals surface area contributed by atoms with Crippen LogP contribution >= 0.6 is 0 Å². The Hall–Kier alpha value is -4.60. The maximum Gasteiger partial charge on any atom is 0.279 e. The average molecular weight is 565 g/mol. The molecule has 9 nitrogen and oxygen atoms in total. The van der Waals surface area contributed by atoms with Crippen LogP contribution in [0.3, 0.4) is 0 Å². The Morgan fingerprint density at radius 3 is 2.62 bits per heavy atom. The summed E-state index contributed by atoms with van der Waals surface area (Å²) in [6.45, 7) is 2.28. The minimum absolute atomic E-state index is 0.0658. The number of fused-ring (bicyclic) bond motifs is 2. The molecule has 9 heteroatoms. The van der Waals surface area contributed by atoms with Crippen LogP contribution in [0.4, 0.5) is 11.4 Å². The number of hydrogen-bond acceptors (Lipinski definition) is 6. The summed E-state index contributed by atoms with van der Waals surface area (Å²) in [7, 11) is 0. The summed E-state index contributed by atoms with van der Waals surface area (Å²) in [5.74, 6) is -1.34. The van der Waals surface area contributed by atoms with Crippen LogP contribution in [-0.4, -0.2) is 55.9 Å². The molecule has 0 aliphatic carbocycles. The van der Waals surface area contributed by atoms with E-state index in [9.17, 15) is 24.6 Å². The van der Waals surface area contributed by atoms with Gasteiger partial charge < -0.3 is 15.1 Å². The van der Waals surface area contributed by atoms with Crippen molar-refractivity contribution in [2.75, 3.05) is 18.1 Å². The van der Waals surface area contributed by atoms with Crippen molar-refractivity contribution in [3.8, 4) is 5.69 Å². The molecule has 1 saturated heterocycles. The van der Waals surface area contributed by atoms with Gasteiger partial charge in [0.25, 0.3) is 11.5 Å². The normalized spacial score (nSPS) is 20.9.